The van der Waals surface area contributed by atoms with Crippen LogP contribution < -0.4 is 11.1 Å². The quantitative estimate of drug-likeness (QED) is 0.647. The first-order valence-electron chi connectivity index (χ1n) is 5.37. The summed E-state index contributed by atoms with van der Waals surface area (Å²) < 4.78 is 5.25. The highest BCUT2D eigenvalue weighted by Crippen LogP contribution is 2.15. The van der Waals surface area contributed by atoms with Gasteiger partial charge >= 0.3 is 0 Å². The Morgan fingerprint density at radius 2 is 2.43 bits per heavy atom. The maximum atomic E-state index is 11.2. The number of nitrogens with one attached hydrogen (secondary N) is 1. The molecule has 0 bridgehead atoms. The zero-order chi connectivity index (χ0) is 10.2. The number of hydrogen-bond donors (Lipinski definition) is 2. The summed E-state index contributed by atoms with van der Waals surface area (Å²) in [5.74, 6) is 0.763. The van der Waals surface area contributed by atoms with Crippen LogP contribution in [0, 0.1) is 5.92 Å². The Morgan fingerprint density at radius 1 is 1.57 bits per heavy atom. The number of nitrogens with two attached hydrogens (primary N) is 1. The molecule has 0 aliphatic carbocycles. The van der Waals surface area contributed by atoms with Crippen molar-refractivity contribution in [3.8, 4) is 0 Å². The van der Waals surface area contributed by atoms with Gasteiger partial charge in [-0.05, 0) is 31.7 Å². The third kappa shape index (κ3) is 4.58. The number of carbonyl (C=O) groups is 1. The fraction of sp³-hybridized carbons (Fsp3) is 0.900. The Balaban J connectivity index is 1.94. The first-order chi connectivity index (χ1) is 6.83. The van der Waals surface area contributed by atoms with Gasteiger partial charge in [-0.25, -0.2) is 0 Å². The number of carbonyl (C=O) groups excluding carboxylic acids is 1. The van der Waals surface area contributed by atoms with Gasteiger partial charge in [-0.15, -0.1) is 0 Å². The van der Waals surface area contributed by atoms with E-state index in [1.165, 1.54) is 0 Å². The van der Waals surface area contributed by atoms with Crippen LogP contribution in [0.4, 0.5) is 0 Å². The predicted octanol–water partition coefficient (Wildman–Crippen LogP) is 0.268. The van der Waals surface area contributed by atoms with Crippen molar-refractivity contribution in [2.24, 2.45) is 11.7 Å². The van der Waals surface area contributed by atoms with Gasteiger partial charge in [0.25, 0.3) is 0 Å². The van der Waals surface area contributed by atoms with Gasteiger partial charge in [0.2, 0.25) is 5.91 Å². The predicted molar refractivity (Wildman–Crippen MR) is 54.8 cm³/mol. The van der Waals surface area contributed by atoms with Crippen molar-refractivity contribution in [1.29, 1.82) is 0 Å². The Labute approximate surface area is 85.2 Å². The normalized spacial score (nSPS) is 21.1. The second-order valence-corrected chi connectivity index (χ2v) is 3.76. The van der Waals surface area contributed by atoms with E-state index in [1.54, 1.807) is 0 Å². The van der Waals surface area contributed by atoms with Gasteiger partial charge in [-0.2, -0.15) is 0 Å². The zero-order valence-electron chi connectivity index (χ0n) is 8.63. The molecule has 0 aromatic carbocycles. The van der Waals surface area contributed by atoms with Crippen molar-refractivity contribution in [3.63, 3.8) is 0 Å². The molecule has 82 valence electrons. The number of rotatable bonds is 6. The Kier molecular flexibility index (Phi) is 5.56. The molecule has 1 atom stereocenters. The highest BCUT2D eigenvalue weighted by Gasteiger charge is 2.14. The van der Waals surface area contributed by atoms with Gasteiger partial charge in [0, 0.05) is 26.2 Å². The van der Waals surface area contributed by atoms with Crippen LogP contribution in [0.2, 0.25) is 0 Å². The zero-order valence-corrected chi connectivity index (χ0v) is 8.63. The largest absolute Gasteiger partial charge is 0.381 e. The maximum Gasteiger partial charge on any atom is 0.220 e. The van der Waals surface area contributed by atoms with E-state index in [2.05, 4.69) is 5.32 Å². The van der Waals surface area contributed by atoms with Gasteiger partial charge in [0.15, 0.2) is 0 Å². The first kappa shape index (κ1) is 11.5. The molecular formula is C10H20N2O2. The van der Waals surface area contributed by atoms with Crippen molar-refractivity contribution in [1.82, 2.24) is 5.32 Å². The van der Waals surface area contributed by atoms with Gasteiger partial charge in [-0.1, -0.05) is 0 Å². The van der Waals surface area contributed by atoms with Crippen molar-refractivity contribution < 1.29 is 9.53 Å². The molecule has 14 heavy (non-hydrogen) atoms. The SMILES string of the molecule is NCCCC(=O)NCCC1CCOC1. The van der Waals surface area contributed by atoms with Crippen molar-refractivity contribution in [2.45, 2.75) is 25.7 Å². The van der Waals surface area contributed by atoms with Crippen molar-refractivity contribution in [2.75, 3.05) is 26.3 Å². The van der Waals surface area contributed by atoms with Crippen LogP contribution in [0.15, 0.2) is 0 Å². The molecule has 1 amide bonds. The van der Waals surface area contributed by atoms with E-state index in [-0.39, 0.29) is 5.91 Å². The van der Waals surface area contributed by atoms with E-state index in [0.717, 1.165) is 39.0 Å². The minimum Gasteiger partial charge on any atom is -0.381 e. The van der Waals surface area contributed by atoms with Gasteiger partial charge < -0.3 is 15.8 Å². The molecule has 0 radical (unpaired) electrons. The fourth-order valence-electron chi connectivity index (χ4n) is 1.58. The highest BCUT2D eigenvalue weighted by atomic mass is 16.5. The standard InChI is InChI=1S/C10H20N2O2/c11-5-1-2-10(13)12-6-3-9-4-7-14-8-9/h9H,1-8,11H2,(H,12,13). The van der Waals surface area contributed by atoms with Crippen LogP contribution in [-0.4, -0.2) is 32.2 Å². The molecule has 1 fully saturated rings. The minimum absolute atomic E-state index is 0.120. The molecule has 1 rings (SSSR count). The summed E-state index contributed by atoms with van der Waals surface area (Å²) >= 11 is 0. The number of amides is 1. The lowest BCUT2D eigenvalue weighted by Crippen LogP contribution is -2.26. The molecule has 1 unspecified atom stereocenters. The third-order valence-electron chi connectivity index (χ3n) is 2.51. The molecule has 1 aliphatic heterocycles. The van der Waals surface area contributed by atoms with Crippen molar-refractivity contribution >= 4 is 5.91 Å². The second kappa shape index (κ2) is 6.79. The Hall–Kier alpha value is -0.610. The molecule has 1 saturated heterocycles. The average molecular weight is 200 g/mol. The molecule has 4 nitrogen and oxygen atoms in total. The molecule has 0 aromatic rings. The first-order valence-corrected chi connectivity index (χ1v) is 5.37. The maximum absolute atomic E-state index is 11.2. The summed E-state index contributed by atoms with van der Waals surface area (Å²) in [5.41, 5.74) is 5.31. The summed E-state index contributed by atoms with van der Waals surface area (Å²) in [4.78, 5) is 11.2. The molecule has 0 spiro atoms. The lowest BCUT2D eigenvalue weighted by Gasteiger charge is -2.08. The van der Waals surface area contributed by atoms with E-state index in [9.17, 15) is 4.79 Å². The number of ether oxygens (including phenoxy) is 1. The fourth-order valence-corrected chi connectivity index (χ4v) is 1.58. The lowest BCUT2D eigenvalue weighted by atomic mass is 10.1. The topological polar surface area (TPSA) is 64.4 Å². The van der Waals surface area contributed by atoms with Gasteiger partial charge in [-0.3, -0.25) is 4.79 Å². The van der Waals surface area contributed by atoms with Crippen LogP contribution in [0.3, 0.4) is 0 Å². The molecule has 1 heterocycles. The van der Waals surface area contributed by atoms with E-state index in [1.807, 2.05) is 0 Å². The van der Waals surface area contributed by atoms with Crippen LogP contribution in [0.25, 0.3) is 0 Å². The number of hydrogen-bond acceptors (Lipinski definition) is 3. The summed E-state index contributed by atoms with van der Waals surface area (Å²) in [6.45, 7) is 3.10. The second-order valence-electron chi connectivity index (χ2n) is 3.76. The summed E-state index contributed by atoms with van der Waals surface area (Å²) in [6, 6.07) is 0. The lowest BCUT2D eigenvalue weighted by molar-refractivity contribution is -0.121. The average Bonchev–Trinajstić information content (AvgIpc) is 2.67. The molecular weight excluding hydrogens is 180 g/mol. The van der Waals surface area contributed by atoms with E-state index in [4.69, 9.17) is 10.5 Å². The Morgan fingerprint density at radius 3 is 3.07 bits per heavy atom. The molecule has 3 N–H and O–H groups in total. The third-order valence-corrected chi connectivity index (χ3v) is 2.51. The van der Waals surface area contributed by atoms with E-state index >= 15 is 0 Å². The van der Waals surface area contributed by atoms with E-state index < -0.39 is 0 Å². The monoisotopic (exact) mass is 200 g/mol. The molecule has 1 aliphatic rings. The summed E-state index contributed by atoms with van der Waals surface area (Å²) in [6.07, 6.45) is 3.50. The molecule has 0 aromatic heterocycles. The van der Waals surface area contributed by atoms with Gasteiger partial charge in [0.1, 0.15) is 0 Å². The Bertz CT molecular complexity index is 168. The minimum atomic E-state index is 0.120. The van der Waals surface area contributed by atoms with Crippen LogP contribution in [0.5, 0.6) is 0 Å². The highest BCUT2D eigenvalue weighted by molar-refractivity contribution is 5.75. The van der Waals surface area contributed by atoms with Crippen molar-refractivity contribution in [3.05, 3.63) is 0 Å². The van der Waals surface area contributed by atoms with Crippen LogP contribution in [0.1, 0.15) is 25.7 Å². The smallest absolute Gasteiger partial charge is 0.220 e. The molecule has 4 heteroatoms. The molecule has 0 saturated carbocycles. The van der Waals surface area contributed by atoms with Gasteiger partial charge in [0.05, 0.1) is 0 Å². The van der Waals surface area contributed by atoms with E-state index in [0.29, 0.717) is 18.9 Å². The van der Waals surface area contributed by atoms with Crippen LogP contribution >= 0.6 is 0 Å². The van der Waals surface area contributed by atoms with Crippen LogP contribution in [-0.2, 0) is 9.53 Å². The summed E-state index contributed by atoms with van der Waals surface area (Å²) in [5, 5.41) is 2.89. The summed E-state index contributed by atoms with van der Waals surface area (Å²) in [7, 11) is 0.